The van der Waals surface area contributed by atoms with E-state index >= 15 is 0 Å². The van der Waals surface area contributed by atoms with Crippen LogP contribution in [0.15, 0.2) is 42.5 Å². The monoisotopic (exact) mass is 271 g/mol. The number of aliphatic hydroxyl groups is 1. The smallest absolute Gasteiger partial charge is 0.130 e. The van der Waals surface area contributed by atoms with Gasteiger partial charge >= 0.3 is 0 Å². The van der Waals surface area contributed by atoms with Crippen molar-refractivity contribution in [3.8, 4) is 11.5 Å². The van der Waals surface area contributed by atoms with Gasteiger partial charge in [0.25, 0.3) is 0 Å². The average molecular weight is 271 g/mol. The Balaban J connectivity index is 2.21. The first-order valence-corrected chi connectivity index (χ1v) is 6.71. The van der Waals surface area contributed by atoms with Gasteiger partial charge < -0.3 is 15.6 Å². The quantitative estimate of drug-likeness (QED) is 0.897. The lowest BCUT2D eigenvalue weighted by molar-refractivity contribution is 0.0668. The first-order chi connectivity index (χ1) is 9.44. The summed E-state index contributed by atoms with van der Waals surface area (Å²) in [5, 5.41) is 10.1. The minimum atomic E-state index is -1.00. The van der Waals surface area contributed by atoms with E-state index in [1.54, 1.807) is 6.92 Å². The second kappa shape index (κ2) is 5.65. The summed E-state index contributed by atoms with van der Waals surface area (Å²) in [5.74, 6) is 1.60. The van der Waals surface area contributed by atoms with Gasteiger partial charge in [-0.1, -0.05) is 24.3 Å². The second-order valence-electron chi connectivity index (χ2n) is 5.30. The molecule has 0 radical (unpaired) electrons. The molecule has 0 fully saturated rings. The van der Waals surface area contributed by atoms with Gasteiger partial charge in [0.2, 0.25) is 0 Å². The van der Waals surface area contributed by atoms with Crippen molar-refractivity contribution < 1.29 is 9.84 Å². The van der Waals surface area contributed by atoms with E-state index in [4.69, 9.17) is 10.5 Å². The molecular weight excluding hydrogens is 250 g/mol. The third kappa shape index (κ3) is 3.00. The molecule has 0 aromatic heterocycles. The largest absolute Gasteiger partial charge is 0.457 e. The molecule has 3 heteroatoms. The zero-order chi connectivity index (χ0) is 14.8. The van der Waals surface area contributed by atoms with Gasteiger partial charge in [0.15, 0.2) is 0 Å². The third-order valence-corrected chi connectivity index (χ3v) is 3.66. The summed E-state index contributed by atoms with van der Waals surface area (Å²) in [5.41, 5.74) is 7.67. The van der Waals surface area contributed by atoms with E-state index in [2.05, 4.69) is 13.0 Å². The van der Waals surface area contributed by atoms with Crippen molar-refractivity contribution in [1.29, 1.82) is 0 Å². The molecule has 0 saturated heterocycles. The van der Waals surface area contributed by atoms with E-state index < -0.39 is 5.60 Å². The van der Waals surface area contributed by atoms with E-state index in [1.165, 1.54) is 5.56 Å². The molecule has 0 aliphatic heterocycles. The molecule has 0 aliphatic carbocycles. The summed E-state index contributed by atoms with van der Waals surface area (Å²) in [6, 6.07) is 13.4. The summed E-state index contributed by atoms with van der Waals surface area (Å²) in [6.45, 7) is 5.99. The highest BCUT2D eigenvalue weighted by atomic mass is 16.5. The molecule has 2 aromatic carbocycles. The maximum atomic E-state index is 10.1. The van der Waals surface area contributed by atoms with Crippen molar-refractivity contribution >= 4 is 0 Å². The number of hydrogen-bond donors (Lipinski definition) is 2. The van der Waals surface area contributed by atoms with E-state index in [0.717, 1.165) is 22.6 Å². The van der Waals surface area contributed by atoms with Gasteiger partial charge in [-0.15, -0.1) is 0 Å². The Kier molecular flexibility index (Phi) is 4.12. The van der Waals surface area contributed by atoms with Crippen LogP contribution in [0, 0.1) is 13.8 Å². The Hall–Kier alpha value is -1.84. The molecule has 0 amide bonds. The minimum Gasteiger partial charge on any atom is -0.457 e. The molecule has 0 bridgehead atoms. The molecule has 3 nitrogen and oxygen atoms in total. The van der Waals surface area contributed by atoms with Gasteiger partial charge in [-0.05, 0) is 55.7 Å². The molecule has 0 heterocycles. The number of aryl methyl sites for hydroxylation is 1. The standard InChI is InChI=1S/C17H21NO2/c1-12-5-4-6-16(13(12)2)20-15-9-7-14(8-10-15)17(3,19)11-18/h4-10,19H,11,18H2,1-3H3. The summed E-state index contributed by atoms with van der Waals surface area (Å²) in [7, 11) is 0. The topological polar surface area (TPSA) is 55.5 Å². The number of ether oxygens (including phenoxy) is 1. The highest BCUT2D eigenvalue weighted by molar-refractivity contribution is 5.42. The summed E-state index contributed by atoms with van der Waals surface area (Å²) >= 11 is 0. The van der Waals surface area contributed by atoms with Crippen LogP contribution in [-0.4, -0.2) is 11.7 Å². The Morgan fingerprint density at radius 1 is 1.10 bits per heavy atom. The minimum absolute atomic E-state index is 0.185. The Labute approximate surface area is 120 Å². The normalized spacial score (nSPS) is 13.8. The fourth-order valence-corrected chi connectivity index (χ4v) is 1.96. The lowest BCUT2D eigenvalue weighted by Crippen LogP contribution is -2.31. The van der Waals surface area contributed by atoms with Crippen LogP contribution in [0.2, 0.25) is 0 Å². The lowest BCUT2D eigenvalue weighted by atomic mass is 9.96. The van der Waals surface area contributed by atoms with Crippen molar-refractivity contribution in [3.63, 3.8) is 0 Å². The maximum Gasteiger partial charge on any atom is 0.130 e. The molecule has 2 aromatic rings. The molecule has 0 saturated carbocycles. The second-order valence-corrected chi connectivity index (χ2v) is 5.30. The van der Waals surface area contributed by atoms with Crippen LogP contribution in [0.3, 0.4) is 0 Å². The molecule has 20 heavy (non-hydrogen) atoms. The first kappa shape index (κ1) is 14.6. The fraction of sp³-hybridized carbons (Fsp3) is 0.294. The fourth-order valence-electron chi connectivity index (χ4n) is 1.96. The van der Waals surface area contributed by atoms with Gasteiger partial charge in [-0.2, -0.15) is 0 Å². The Morgan fingerprint density at radius 3 is 2.35 bits per heavy atom. The number of benzene rings is 2. The number of rotatable bonds is 4. The van der Waals surface area contributed by atoms with Crippen LogP contribution in [-0.2, 0) is 5.60 Å². The van der Waals surface area contributed by atoms with E-state index in [-0.39, 0.29) is 6.54 Å². The predicted octanol–water partition coefficient (Wildman–Crippen LogP) is 3.26. The van der Waals surface area contributed by atoms with Crippen LogP contribution in [0.4, 0.5) is 0 Å². The molecular formula is C17H21NO2. The SMILES string of the molecule is Cc1cccc(Oc2ccc(C(C)(O)CN)cc2)c1C. The Morgan fingerprint density at radius 2 is 1.75 bits per heavy atom. The maximum absolute atomic E-state index is 10.1. The third-order valence-electron chi connectivity index (χ3n) is 3.66. The van der Waals surface area contributed by atoms with E-state index in [9.17, 15) is 5.11 Å². The van der Waals surface area contributed by atoms with Gasteiger partial charge in [-0.25, -0.2) is 0 Å². The lowest BCUT2D eigenvalue weighted by Gasteiger charge is -2.21. The van der Waals surface area contributed by atoms with Gasteiger partial charge in [0, 0.05) is 6.54 Å². The molecule has 1 unspecified atom stereocenters. The summed E-state index contributed by atoms with van der Waals surface area (Å²) in [4.78, 5) is 0. The molecule has 0 spiro atoms. The van der Waals surface area contributed by atoms with Crippen LogP contribution in [0.25, 0.3) is 0 Å². The first-order valence-electron chi connectivity index (χ1n) is 6.71. The molecule has 3 N–H and O–H groups in total. The molecule has 0 aliphatic rings. The Bertz CT molecular complexity index is 588. The molecule has 106 valence electrons. The van der Waals surface area contributed by atoms with Crippen LogP contribution in [0.5, 0.6) is 11.5 Å². The number of hydrogen-bond acceptors (Lipinski definition) is 3. The van der Waals surface area contributed by atoms with Crippen molar-refractivity contribution in [2.45, 2.75) is 26.4 Å². The zero-order valence-corrected chi connectivity index (χ0v) is 12.2. The summed E-state index contributed by atoms with van der Waals surface area (Å²) in [6.07, 6.45) is 0. The summed E-state index contributed by atoms with van der Waals surface area (Å²) < 4.78 is 5.88. The highest BCUT2D eigenvalue weighted by Gasteiger charge is 2.20. The van der Waals surface area contributed by atoms with Crippen molar-refractivity contribution in [1.82, 2.24) is 0 Å². The van der Waals surface area contributed by atoms with Gasteiger partial charge in [0.05, 0.1) is 5.60 Å². The highest BCUT2D eigenvalue weighted by Crippen LogP contribution is 2.28. The van der Waals surface area contributed by atoms with Crippen molar-refractivity contribution in [3.05, 3.63) is 59.2 Å². The number of nitrogens with two attached hydrogens (primary N) is 1. The zero-order valence-electron chi connectivity index (χ0n) is 12.2. The van der Waals surface area contributed by atoms with Crippen molar-refractivity contribution in [2.24, 2.45) is 5.73 Å². The van der Waals surface area contributed by atoms with Crippen LogP contribution in [0.1, 0.15) is 23.6 Å². The molecule has 2 rings (SSSR count). The molecule has 1 atom stereocenters. The van der Waals surface area contributed by atoms with Crippen LogP contribution < -0.4 is 10.5 Å². The van der Waals surface area contributed by atoms with Crippen LogP contribution >= 0.6 is 0 Å². The predicted molar refractivity (Wildman–Crippen MR) is 81.1 cm³/mol. The van der Waals surface area contributed by atoms with Gasteiger partial charge in [0.1, 0.15) is 11.5 Å². The van der Waals surface area contributed by atoms with Crippen molar-refractivity contribution in [2.75, 3.05) is 6.54 Å². The van der Waals surface area contributed by atoms with Gasteiger partial charge in [-0.3, -0.25) is 0 Å². The van der Waals surface area contributed by atoms with E-state index in [1.807, 2.05) is 43.3 Å². The average Bonchev–Trinajstić information content (AvgIpc) is 2.44. The van der Waals surface area contributed by atoms with E-state index in [0.29, 0.717) is 0 Å².